The summed E-state index contributed by atoms with van der Waals surface area (Å²) < 4.78 is 16.2. The van der Waals surface area contributed by atoms with Crippen LogP contribution in [0.25, 0.3) is 0 Å². The number of hydrogen-bond donors (Lipinski definition) is 1. The summed E-state index contributed by atoms with van der Waals surface area (Å²) in [5.41, 5.74) is 0.526. The van der Waals surface area contributed by atoms with Crippen LogP contribution < -0.4 is 14.8 Å². The molecule has 0 radical (unpaired) electrons. The van der Waals surface area contributed by atoms with Crippen LogP contribution in [0.15, 0.2) is 18.2 Å². The first-order valence-electron chi connectivity index (χ1n) is 7.51. The van der Waals surface area contributed by atoms with E-state index in [0.717, 1.165) is 23.6 Å². The third-order valence-corrected chi connectivity index (χ3v) is 3.76. The monoisotopic (exact) mass is 307 g/mol. The molecule has 2 rings (SSSR count). The smallest absolute Gasteiger partial charge is 0.311 e. The minimum Gasteiger partial charge on any atom is -0.497 e. The van der Waals surface area contributed by atoms with Crippen molar-refractivity contribution in [2.75, 3.05) is 27.3 Å². The lowest BCUT2D eigenvalue weighted by molar-refractivity contribution is -0.159. The van der Waals surface area contributed by atoms with Gasteiger partial charge in [-0.1, -0.05) is 6.07 Å². The fourth-order valence-electron chi connectivity index (χ4n) is 2.76. The van der Waals surface area contributed by atoms with Crippen molar-refractivity contribution in [3.63, 3.8) is 0 Å². The molecule has 1 aliphatic heterocycles. The molecule has 0 aromatic heterocycles. The maximum absolute atomic E-state index is 12.4. The van der Waals surface area contributed by atoms with Crippen molar-refractivity contribution < 1.29 is 19.0 Å². The Morgan fingerprint density at radius 2 is 1.91 bits per heavy atom. The number of methoxy groups -OCH3 is 2. The first kappa shape index (κ1) is 16.6. The van der Waals surface area contributed by atoms with Crippen LogP contribution in [0.5, 0.6) is 11.5 Å². The van der Waals surface area contributed by atoms with Crippen molar-refractivity contribution in [2.45, 2.75) is 32.3 Å². The Hall–Kier alpha value is -1.75. The standard InChI is InChI=1S/C17H25NO4/c1-17(2,3)22-16(19)14-10-18-9-13(14)12-7-6-11(20-4)8-15(12)21-5/h6-8,13-14,18H,9-10H2,1-5H3. The first-order valence-corrected chi connectivity index (χ1v) is 7.51. The highest BCUT2D eigenvalue weighted by Crippen LogP contribution is 2.37. The molecule has 5 nitrogen and oxygen atoms in total. The quantitative estimate of drug-likeness (QED) is 0.865. The van der Waals surface area contributed by atoms with E-state index >= 15 is 0 Å². The van der Waals surface area contributed by atoms with Crippen LogP contribution in [0.1, 0.15) is 32.3 Å². The molecule has 0 bridgehead atoms. The van der Waals surface area contributed by atoms with E-state index in [9.17, 15) is 4.79 Å². The van der Waals surface area contributed by atoms with Gasteiger partial charge in [0, 0.05) is 25.1 Å². The van der Waals surface area contributed by atoms with Crippen LogP contribution in [-0.2, 0) is 9.53 Å². The fraction of sp³-hybridized carbons (Fsp3) is 0.588. The number of ether oxygens (including phenoxy) is 3. The third kappa shape index (κ3) is 3.71. The summed E-state index contributed by atoms with van der Waals surface area (Å²) in [6.45, 7) is 7.00. The van der Waals surface area contributed by atoms with Crippen molar-refractivity contribution in [2.24, 2.45) is 5.92 Å². The van der Waals surface area contributed by atoms with Crippen molar-refractivity contribution >= 4 is 5.97 Å². The molecule has 22 heavy (non-hydrogen) atoms. The van der Waals surface area contributed by atoms with Crippen molar-refractivity contribution in [3.8, 4) is 11.5 Å². The predicted octanol–water partition coefficient (Wildman–Crippen LogP) is 2.35. The van der Waals surface area contributed by atoms with E-state index in [4.69, 9.17) is 14.2 Å². The minimum atomic E-state index is -0.478. The van der Waals surface area contributed by atoms with Crippen LogP contribution in [-0.4, -0.2) is 38.9 Å². The van der Waals surface area contributed by atoms with Crippen molar-refractivity contribution in [3.05, 3.63) is 23.8 Å². The van der Waals surface area contributed by atoms with Gasteiger partial charge in [0.25, 0.3) is 0 Å². The molecule has 122 valence electrons. The Labute approximate surface area is 131 Å². The van der Waals surface area contributed by atoms with Gasteiger partial charge in [0.05, 0.1) is 20.1 Å². The average Bonchev–Trinajstić information content (AvgIpc) is 2.94. The van der Waals surface area contributed by atoms with Gasteiger partial charge in [0.1, 0.15) is 17.1 Å². The molecule has 1 N–H and O–H groups in total. The van der Waals surface area contributed by atoms with Gasteiger partial charge in [0.2, 0.25) is 0 Å². The largest absolute Gasteiger partial charge is 0.497 e. The molecule has 1 aliphatic rings. The van der Waals surface area contributed by atoms with E-state index in [1.165, 1.54) is 0 Å². The van der Waals surface area contributed by atoms with Gasteiger partial charge in [-0.2, -0.15) is 0 Å². The molecule has 1 fully saturated rings. The summed E-state index contributed by atoms with van der Waals surface area (Å²) in [5.74, 6) is 1.14. The highest BCUT2D eigenvalue weighted by Gasteiger charge is 2.38. The Morgan fingerprint density at radius 1 is 1.18 bits per heavy atom. The summed E-state index contributed by atoms with van der Waals surface area (Å²) >= 11 is 0. The summed E-state index contributed by atoms with van der Waals surface area (Å²) in [6, 6.07) is 5.70. The molecular formula is C17H25NO4. The topological polar surface area (TPSA) is 56.8 Å². The number of carbonyl (C=O) groups excluding carboxylic acids is 1. The summed E-state index contributed by atoms with van der Waals surface area (Å²) in [5, 5.41) is 3.28. The molecular weight excluding hydrogens is 282 g/mol. The van der Waals surface area contributed by atoms with Crippen LogP contribution >= 0.6 is 0 Å². The molecule has 0 saturated carbocycles. The van der Waals surface area contributed by atoms with E-state index in [-0.39, 0.29) is 17.8 Å². The highest BCUT2D eigenvalue weighted by molar-refractivity contribution is 5.75. The van der Waals surface area contributed by atoms with E-state index < -0.39 is 5.60 Å². The number of carbonyl (C=O) groups is 1. The second-order valence-corrected chi connectivity index (χ2v) is 6.51. The Balaban J connectivity index is 2.25. The Morgan fingerprint density at radius 3 is 2.50 bits per heavy atom. The average molecular weight is 307 g/mol. The number of esters is 1. The van der Waals surface area contributed by atoms with Crippen molar-refractivity contribution in [1.29, 1.82) is 0 Å². The van der Waals surface area contributed by atoms with Gasteiger partial charge >= 0.3 is 5.97 Å². The molecule has 1 heterocycles. The van der Waals surface area contributed by atoms with Gasteiger partial charge < -0.3 is 19.5 Å². The first-order chi connectivity index (χ1) is 10.4. The number of rotatable bonds is 4. The molecule has 1 aromatic carbocycles. The molecule has 0 spiro atoms. The maximum Gasteiger partial charge on any atom is 0.311 e. The molecule has 2 unspecified atom stereocenters. The van der Waals surface area contributed by atoms with Gasteiger partial charge in [0.15, 0.2) is 0 Å². The summed E-state index contributed by atoms with van der Waals surface area (Å²) in [7, 11) is 3.25. The summed E-state index contributed by atoms with van der Waals surface area (Å²) in [6.07, 6.45) is 0. The zero-order chi connectivity index (χ0) is 16.3. The lowest BCUT2D eigenvalue weighted by atomic mass is 9.88. The Kier molecular flexibility index (Phi) is 4.96. The van der Waals surface area contributed by atoms with Crippen LogP contribution in [0.4, 0.5) is 0 Å². The SMILES string of the molecule is COc1ccc(C2CNCC2C(=O)OC(C)(C)C)c(OC)c1. The number of hydrogen-bond acceptors (Lipinski definition) is 5. The summed E-state index contributed by atoms with van der Waals surface area (Å²) in [4.78, 5) is 12.4. The molecule has 0 amide bonds. The molecule has 1 aromatic rings. The van der Waals surface area contributed by atoms with Crippen molar-refractivity contribution in [1.82, 2.24) is 5.32 Å². The van der Waals surface area contributed by atoms with Crippen LogP contribution in [0.2, 0.25) is 0 Å². The van der Waals surface area contributed by atoms with E-state index in [0.29, 0.717) is 6.54 Å². The van der Waals surface area contributed by atoms with E-state index in [1.807, 2.05) is 39.0 Å². The second kappa shape index (κ2) is 6.57. The minimum absolute atomic E-state index is 0.0377. The molecule has 5 heteroatoms. The highest BCUT2D eigenvalue weighted by atomic mass is 16.6. The third-order valence-electron chi connectivity index (χ3n) is 3.76. The Bertz CT molecular complexity index is 536. The molecule has 0 aliphatic carbocycles. The zero-order valence-corrected chi connectivity index (χ0v) is 13.9. The lowest BCUT2D eigenvalue weighted by Crippen LogP contribution is -2.31. The zero-order valence-electron chi connectivity index (χ0n) is 13.9. The fourth-order valence-corrected chi connectivity index (χ4v) is 2.76. The predicted molar refractivity (Wildman–Crippen MR) is 84.5 cm³/mol. The van der Waals surface area contributed by atoms with Crippen LogP contribution in [0.3, 0.4) is 0 Å². The normalized spacial score (nSPS) is 21.5. The van der Waals surface area contributed by atoms with E-state index in [1.54, 1.807) is 14.2 Å². The van der Waals surface area contributed by atoms with Crippen LogP contribution in [0, 0.1) is 5.92 Å². The second-order valence-electron chi connectivity index (χ2n) is 6.51. The van der Waals surface area contributed by atoms with Gasteiger partial charge in [-0.3, -0.25) is 4.79 Å². The van der Waals surface area contributed by atoms with Gasteiger partial charge in [-0.25, -0.2) is 0 Å². The number of benzene rings is 1. The lowest BCUT2D eigenvalue weighted by Gasteiger charge is -2.25. The molecule has 1 saturated heterocycles. The van der Waals surface area contributed by atoms with Gasteiger partial charge in [-0.05, 0) is 32.4 Å². The van der Waals surface area contributed by atoms with E-state index in [2.05, 4.69) is 5.32 Å². The number of nitrogens with one attached hydrogen (secondary N) is 1. The van der Waals surface area contributed by atoms with Gasteiger partial charge in [-0.15, -0.1) is 0 Å². The maximum atomic E-state index is 12.4. The molecule has 2 atom stereocenters.